The Balaban J connectivity index is 1.72. The van der Waals surface area contributed by atoms with E-state index in [9.17, 15) is 14.9 Å². The number of non-ortho nitro benzene ring substituents is 1. The fraction of sp³-hybridized carbons (Fsp3) is 0.235. The number of hydrogen-bond donors (Lipinski definition) is 1. The Bertz CT molecular complexity index is 1020. The average molecular weight is 406 g/mol. The zero-order valence-corrected chi connectivity index (χ0v) is 16.0. The van der Waals surface area contributed by atoms with Gasteiger partial charge in [-0.15, -0.1) is 11.3 Å². The van der Waals surface area contributed by atoms with Gasteiger partial charge in [-0.1, -0.05) is 18.5 Å². The highest BCUT2D eigenvalue weighted by molar-refractivity contribution is 7.11. The van der Waals surface area contributed by atoms with Gasteiger partial charge in [0.2, 0.25) is 0 Å². The van der Waals surface area contributed by atoms with Gasteiger partial charge >= 0.3 is 0 Å². The molecule has 1 N–H and O–H groups in total. The van der Waals surface area contributed by atoms with Crippen molar-refractivity contribution in [3.63, 3.8) is 0 Å². The Morgan fingerprint density at radius 1 is 1.30 bits per heavy atom. The lowest BCUT2D eigenvalue weighted by atomic mass is 10.3. The zero-order valence-electron chi connectivity index (χ0n) is 14.4. The Labute approximate surface area is 163 Å². The number of nitrogens with one attached hydrogen (secondary N) is 1. The molecule has 2 heterocycles. The van der Waals surface area contributed by atoms with E-state index in [1.807, 2.05) is 6.20 Å². The summed E-state index contributed by atoms with van der Waals surface area (Å²) < 4.78 is 1.10. The van der Waals surface area contributed by atoms with Crippen molar-refractivity contribution in [1.29, 1.82) is 0 Å². The molecule has 0 fully saturated rings. The molecule has 0 amide bonds. The van der Waals surface area contributed by atoms with Crippen molar-refractivity contribution in [2.24, 2.45) is 0 Å². The molecule has 140 valence electrons. The molecular formula is C17H16ClN5O3S. The van der Waals surface area contributed by atoms with Gasteiger partial charge in [0, 0.05) is 36.2 Å². The second-order valence-electron chi connectivity index (χ2n) is 5.61. The number of thiazole rings is 1. The van der Waals surface area contributed by atoms with E-state index in [-0.39, 0.29) is 10.7 Å². The molecule has 0 aliphatic rings. The van der Waals surface area contributed by atoms with Gasteiger partial charge in [0.15, 0.2) is 0 Å². The molecule has 0 saturated heterocycles. The summed E-state index contributed by atoms with van der Waals surface area (Å²) in [5.41, 5.74) is 0.267. The van der Waals surface area contributed by atoms with Crippen LogP contribution in [0, 0.1) is 10.1 Å². The van der Waals surface area contributed by atoms with Crippen molar-refractivity contribution >= 4 is 34.3 Å². The SMILES string of the molecule is CCc1cnc(CCNc2cnn(-c3ccc([N+](=O)[O-])cc3)c(=O)c2Cl)s1. The van der Waals surface area contributed by atoms with E-state index in [0.717, 1.165) is 16.1 Å². The molecule has 27 heavy (non-hydrogen) atoms. The number of nitro benzene ring substituents is 1. The molecule has 3 rings (SSSR count). The lowest BCUT2D eigenvalue weighted by molar-refractivity contribution is -0.384. The summed E-state index contributed by atoms with van der Waals surface area (Å²) in [6.07, 6.45) is 5.01. The minimum Gasteiger partial charge on any atom is -0.382 e. The number of aromatic nitrogens is 3. The van der Waals surface area contributed by atoms with E-state index in [4.69, 9.17) is 11.6 Å². The van der Waals surface area contributed by atoms with Gasteiger partial charge in [-0.25, -0.2) is 4.98 Å². The highest BCUT2D eigenvalue weighted by atomic mass is 35.5. The Hall–Kier alpha value is -2.78. The van der Waals surface area contributed by atoms with Gasteiger partial charge in [-0.05, 0) is 18.6 Å². The summed E-state index contributed by atoms with van der Waals surface area (Å²) in [4.78, 5) is 28.3. The summed E-state index contributed by atoms with van der Waals surface area (Å²) in [6.45, 7) is 2.65. The molecule has 0 unspecified atom stereocenters. The predicted octanol–water partition coefficient (Wildman–Crippen LogP) is 3.47. The number of nitrogens with zero attached hydrogens (tertiary/aromatic N) is 4. The Kier molecular flexibility index (Phi) is 5.82. The average Bonchev–Trinajstić information content (AvgIpc) is 3.13. The van der Waals surface area contributed by atoms with Crippen LogP contribution in [0.5, 0.6) is 0 Å². The number of aryl methyl sites for hydroxylation is 1. The summed E-state index contributed by atoms with van der Waals surface area (Å²) in [5.74, 6) is 0. The maximum absolute atomic E-state index is 12.5. The smallest absolute Gasteiger partial charge is 0.292 e. The normalized spacial score (nSPS) is 10.7. The molecule has 0 atom stereocenters. The summed E-state index contributed by atoms with van der Waals surface area (Å²) in [6, 6.07) is 5.51. The topological polar surface area (TPSA) is 103 Å². The second kappa shape index (κ2) is 8.28. The minimum atomic E-state index is -0.508. The molecule has 0 spiro atoms. The maximum Gasteiger partial charge on any atom is 0.292 e. The van der Waals surface area contributed by atoms with Crippen LogP contribution in [0.4, 0.5) is 11.4 Å². The lowest BCUT2D eigenvalue weighted by Gasteiger charge is -2.09. The largest absolute Gasteiger partial charge is 0.382 e. The van der Waals surface area contributed by atoms with Gasteiger partial charge in [-0.3, -0.25) is 14.9 Å². The van der Waals surface area contributed by atoms with Crippen LogP contribution in [0.15, 0.2) is 41.5 Å². The zero-order chi connectivity index (χ0) is 19.4. The molecular weight excluding hydrogens is 390 g/mol. The molecule has 3 aromatic rings. The molecule has 0 bridgehead atoms. The summed E-state index contributed by atoms with van der Waals surface area (Å²) in [5, 5.41) is 19.0. The van der Waals surface area contributed by atoms with Crippen LogP contribution >= 0.6 is 22.9 Å². The predicted molar refractivity (Wildman–Crippen MR) is 105 cm³/mol. The fourth-order valence-electron chi connectivity index (χ4n) is 2.39. The van der Waals surface area contributed by atoms with Gasteiger partial charge in [0.25, 0.3) is 11.2 Å². The maximum atomic E-state index is 12.5. The standard InChI is InChI=1S/C17H16ClN5O3S/c1-2-13-9-20-15(27-13)7-8-19-14-10-21-22(17(24)16(14)18)11-3-5-12(6-4-11)23(25)26/h3-6,9-10,19H,2,7-8H2,1H3. The summed E-state index contributed by atoms with van der Waals surface area (Å²) >= 11 is 7.85. The van der Waals surface area contributed by atoms with Crippen molar-refractivity contribution in [2.75, 3.05) is 11.9 Å². The quantitative estimate of drug-likeness (QED) is 0.477. The Morgan fingerprint density at radius 3 is 2.67 bits per heavy atom. The number of nitro groups is 1. The van der Waals surface area contributed by atoms with Crippen LogP contribution in [0.25, 0.3) is 5.69 Å². The molecule has 0 aliphatic heterocycles. The van der Waals surface area contributed by atoms with E-state index >= 15 is 0 Å². The molecule has 2 aromatic heterocycles. The van der Waals surface area contributed by atoms with Crippen molar-refractivity contribution in [3.8, 4) is 5.69 Å². The molecule has 0 radical (unpaired) electrons. The first-order valence-electron chi connectivity index (χ1n) is 8.19. The molecule has 0 aliphatic carbocycles. The van der Waals surface area contributed by atoms with E-state index in [1.165, 1.54) is 35.3 Å². The number of halogens is 1. The first-order chi connectivity index (χ1) is 13.0. The van der Waals surface area contributed by atoms with Crippen LogP contribution in [0.2, 0.25) is 5.02 Å². The molecule has 0 saturated carbocycles. The van der Waals surface area contributed by atoms with Crippen LogP contribution < -0.4 is 10.9 Å². The third-order valence-corrected chi connectivity index (χ3v) is 5.39. The van der Waals surface area contributed by atoms with E-state index in [0.29, 0.717) is 24.3 Å². The third-order valence-electron chi connectivity index (χ3n) is 3.83. The van der Waals surface area contributed by atoms with Crippen molar-refractivity contribution in [3.05, 3.63) is 72.0 Å². The minimum absolute atomic E-state index is 0.0109. The van der Waals surface area contributed by atoms with Crippen LogP contribution in [-0.4, -0.2) is 26.2 Å². The summed E-state index contributed by atoms with van der Waals surface area (Å²) in [7, 11) is 0. The fourth-order valence-corrected chi connectivity index (χ4v) is 3.44. The van der Waals surface area contributed by atoms with E-state index in [2.05, 4.69) is 22.3 Å². The van der Waals surface area contributed by atoms with E-state index < -0.39 is 10.5 Å². The second-order valence-corrected chi connectivity index (χ2v) is 7.19. The van der Waals surface area contributed by atoms with Crippen LogP contribution in [0.3, 0.4) is 0 Å². The number of hydrogen-bond acceptors (Lipinski definition) is 7. The number of rotatable bonds is 7. The molecule has 10 heteroatoms. The highest BCUT2D eigenvalue weighted by Gasteiger charge is 2.12. The van der Waals surface area contributed by atoms with Gasteiger partial charge in [0.05, 0.1) is 27.5 Å². The van der Waals surface area contributed by atoms with E-state index in [1.54, 1.807) is 11.3 Å². The van der Waals surface area contributed by atoms with Crippen LogP contribution in [-0.2, 0) is 12.8 Å². The first kappa shape index (κ1) is 19.0. The van der Waals surface area contributed by atoms with Crippen molar-refractivity contribution in [2.45, 2.75) is 19.8 Å². The molecule has 1 aromatic carbocycles. The highest BCUT2D eigenvalue weighted by Crippen LogP contribution is 2.19. The van der Waals surface area contributed by atoms with Crippen molar-refractivity contribution < 1.29 is 4.92 Å². The Morgan fingerprint density at radius 2 is 2.04 bits per heavy atom. The number of benzene rings is 1. The first-order valence-corrected chi connectivity index (χ1v) is 9.39. The van der Waals surface area contributed by atoms with Gasteiger partial charge in [0.1, 0.15) is 5.02 Å². The van der Waals surface area contributed by atoms with Gasteiger partial charge in [-0.2, -0.15) is 9.78 Å². The van der Waals surface area contributed by atoms with Gasteiger partial charge < -0.3 is 5.32 Å². The lowest BCUT2D eigenvalue weighted by Crippen LogP contribution is -2.23. The monoisotopic (exact) mass is 405 g/mol. The molecule has 8 nitrogen and oxygen atoms in total. The van der Waals surface area contributed by atoms with Crippen LogP contribution in [0.1, 0.15) is 16.8 Å². The number of anilines is 1. The van der Waals surface area contributed by atoms with Crippen molar-refractivity contribution in [1.82, 2.24) is 14.8 Å². The third kappa shape index (κ3) is 4.32.